The van der Waals surface area contributed by atoms with Crippen LogP contribution in [-0.2, 0) is 15.0 Å². The van der Waals surface area contributed by atoms with Crippen molar-refractivity contribution in [2.45, 2.75) is 13.3 Å². The van der Waals surface area contributed by atoms with Gasteiger partial charge in [0.2, 0.25) is 6.08 Å². The Morgan fingerprint density at radius 3 is 2.75 bits per heavy atom. The minimum atomic E-state index is -4.14. The zero-order valence-corrected chi connectivity index (χ0v) is 14.3. The van der Waals surface area contributed by atoms with Crippen molar-refractivity contribution in [3.8, 4) is 0 Å². The molecule has 0 aliphatic rings. The molecule has 1 N–H and O–H groups in total. The number of isocyanates is 1. The van der Waals surface area contributed by atoms with Crippen LogP contribution in [0.25, 0.3) is 0 Å². The van der Waals surface area contributed by atoms with Crippen molar-refractivity contribution in [3.05, 3.63) is 41.2 Å². The molecule has 1 aromatic carbocycles. The number of aliphatic imine (C=N–C) groups is 1. The molecule has 0 aromatic heterocycles. The fraction of sp³-hybridized carbons (Fsp3) is 0.286. The van der Waals surface area contributed by atoms with Gasteiger partial charge in [-0.05, 0) is 18.6 Å². The maximum atomic E-state index is 13.6. The Morgan fingerprint density at radius 2 is 2.21 bits per heavy atom. The van der Waals surface area contributed by atoms with Crippen LogP contribution in [0.15, 0.2) is 29.8 Å². The minimum absolute atomic E-state index is 0.0757. The van der Waals surface area contributed by atoms with E-state index < -0.39 is 27.6 Å². The summed E-state index contributed by atoms with van der Waals surface area (Å²) >= 11 is 5.84. The zero-order valence-electron chi connectivity index (χ0n) is 12.8. The normalized spacial score (nSPS) is 10.8. The molecular weight excluding hydrogens is 361 g/mol. The molecule has 0 unspecified atom stereocenters. The molecule has 1 aromatic rings. The molecule has 10 heteroatoms. The highest BCUT2D eigenvalue weighted by molar-refractivity contribution is 7.87. The average molecular weight is 376 g/mol. The standard InChI is InChI=1S/C14H15ClFN3O4S/c1-3-5-18-24(22,23)19(6-4-2)14(21)10-7-13(17-9-20)12(16)8-11(10)15/h3,7-8,18H,1,4-6H2,2H3. The molecule has 0 fully saturated rings. The van der Waals surface area contributed by atoms with Crippen molar-refractivity contribution in [1.29, 1.82) is 0 Å². The van der Waals surface area contributed by atoms with E-state index in [1.54, 1.807) is 6.92 Å². The highest BCUT2D eigenvalue weighted by Gasteiger charge is 2.29. The first-order valence-corrected chi connectivity index (χ1v) is 8.59. The van der Waals surface area contributed by atoms with Crippen LogP contribution in [-0.4, -0.2) is 37.8 Å². The predicted molar refractivity (Wildman–Crippen MR) is 87.6 cm³/mol. The lowest BCUT2D eigenvalue weighted by Crippen LogP contribution is -2.45. The Kier molecular flexibility index (Phi) is 7.24. The second-order valence-corrected chi connectivity index (χ2v) is 6.59. The second kappa shape index (κ2) is 8.70. The van der Waals surface area contributed by atoms with Crippen molar-refractivity contribution in [3.63, 3.8) is 0 Å². The third kappa shape index (κ3) is 4.72. The summed E-state index contributed by atoms with van der Waals surface area (Å²) in [5.74, 6) is -1.91. The monoisotopic (exact) mass is 375 g/mol. The molecule has 0 spiro atoms. The van der Waals surface area contributed by atoms with Gasteiger partial charge < -0.3 is 0 Å². The number of hydrogen-bond donors (Lipinski definition) is 1. The summed E-state index contributed by atoms with van der Waals surface area (Å²) in [4.78, 5) is 26.0. The molecule has 1 rings (SSSR count). The first kappa shape index (κ1) is 20.0. The number of halogens is 2. The predicted octanol–water partition coefficient (Wildman–Crippen LogP) is 2.32. The lowest BCUT2D eigenvalue weighted by molar-refractivity contribution is 0.0860. The molecule has 1 amide bonds. The van der Waals surface area contributed by atoms with E-state index in [-0.39, 0.29) is 23.7 Å². The van der Waals surface area contributed by atoms with Crippen LogP contribution in [0, 0.1) is 5.82 Å². The molecule has 0 aliphatic heterocycles. The molecular formula is C14H15ClFN3O4S. The van der Waals surface area contributed by atoms with Crippen LogP contribution in [0.2, 0.25) is 5.02 Å². The summed E-state index contributed by atoms with van der Waals surface area (Å²) in [6, 6.07) is 1.68. The van der Waals surface area contributed by atoms with E-state index in [4.69, 9.17) is 11.6 Å². The molecule has 0 bridgehead atoms. The number of carbonyl (C=O) groups excluding carboxylic acids is 2. The summed E-state index contributed by atoms with van der Waals surface area (Å²) in [6.07, 6.45) is 2.81. The molecule has 0 aliphatic carbocycles. The topological polar surface area (TPSA) is 95.9 Å². The van der Waals surface area contributed by atoms with Gasteiger partial charge in [0.05, 0.1) is 10.6 Å². The maximum Gasteiger partial charge on any atom is 0.304 e. The van der Waals surface area contributed by atoms with Crippen LogP contribution >= 0.6 is 11.6 Å². The number of nitrogens with one attached hydrogen (secondary N) is 1. The summed E-state index contributed by atoms with van der Waals surface area (Å²) < 4.78 is 40.8. The van der Waals surface area contributed by atoms with Gasteiger partial charge in [0.1, 0.15) is 5.69 Å². The quantitative estimate of drug-likeness (QED) is 0.428. The number of benzene rings is 1. The van der Waals surface area contributed by atoms with Crippen molar-refractivity contribution in [2.24, 2.45) is 4.99 Å². The van der Waals surface area contributed by atoms with E-state index in [0.29, 0.717) is 10.7 Å². The van der Waals surface area contributed by atoms with Gasteiger partial charge in [0.25, 0.3) is 5.91 Å². The van der Waals surface area contributed by atoms with E-state index >= 15 is 0 Å². The van der Waals surface area contributed by atoms with Crippen molar-refractivity contribution >= 4 is 39.5 Å². The first-order valence-electron chi connectivity index (χ1n) is 6.78. The SMILES string of the molecule is C=CCNS(=O)(=O)N(CCC)C(=O)c1cc(N=C=O)c(F)cc1Cl. The van der Waals surface area contributed by atoms with Crippen molar-refractivity contribution in [1.82, 2.24) is 9.03 Å². The van der Waals surface area contributed by atoms with E-state index in [1.165, 1.54) is 6.08 Å². The lowest BCUT2D eigenvalue weighted by atomic mass is 10.1. The van der Waals surface area contributed by atoms with Gasteiger partial charge in [0, 0.05) is 13.1 Å². The Hall–Kier alpha value is -2.06. The third-order valence-electron chi connectivity index (χ3n) is 2.79. The number of carbonyl (C=O) groups is 1. The van der Waals surface area contributed by atoms with Gasteiger partial charge in [-0.1, -0.05) is 24.6 Å². The summed E-state index contributed by atoms with van der Waals surface area (Å²) in [5.41, 5.74) is -0.768. The van der Waals surface area contributed by atoms with Gasteiger partial charge in [-0.3, -0.25) is 4.79 Å². The molecule has 0 saturated heterocycles. The molecule has 0 atom stereocenters. The Labute approximate surface area is 144 Å². The molecule has 0 heterocycles. The molecule has 0 saturated carbocycles. The van der Waals surface area contributed by atoms with Crippen LogP contribution in [0.4, 0.5) is 10.1 Å². The van der Waals surface area contributed by atoms with Gasteiger partial charge >= 0.3 is 10.2 Å². The van der Waals surface area contributed by atoms with E-state index in [1.807, 2.05) is 0 Å². The Bertz CT molecular complexity index is 791. The Balaban J connectivity index is 3.36. The smallest absolute Gasteiger partial charge is 0.268 e. The fourth-order valence-corrected chi connectivity index (χ4v) is 3.20. The molecule has 24 heavy (non-hydrogen) atoms. The maximum absolute atomic E-state index is 13.6. The zero-order chi connectivity index (χ0) is 18.3. The van der Waals surface area contributed by atoms with E-state index in [0.717, 1.165) is 18.2 Å². The third-order valence-corrected chi connectivity index (χ3v) is 4.56. The van der Waals surface area contributed by atoms with Crippen molar-refractivity contribution in [2.75, 3.05) is 13.1 Å². The number of hydrogen-bond acceptors (Lipinski definition) is 5. The van der Waals surface area contributed by atoms with Crippen LogP contribution in [0.5, 0.6) is 0 Å². The van der Waals surface area contributed by atoms with Crippen LogP contribution in [0.3, 0.4) is 0 Å². The molecule has 7 nitrogen and oxygen atoms in total. The van der Waals surface area contributed by atoms with Gasteiger partial charge in [-0.25, -0.2) is 13.5 Å². The second-order valence-electron chi connectivity index (χ2n) is 4.51. The van der Waals surface area contributed by atoms with Gasteiger partial charge in [-0.15, -0.1) is 6.58 Å². The number of nitrogens with zero attached hydrogens (tertiary/aromatic N) is 2. The number of rotatable bonds is 8. The summed E-state index contributed by atoms with van der Waals surface area (Å²) in [6.45, 7) is 4.87. The molecule has 130 valence electrons. The highest BCUT2D eigenvalue weighted by Crippen LogP contribution is 2.27. The lowest BCUT2D eigenvalue weighted by Gasteiger charge is -2.22. The van der Waals surface area contributed by atoms with Crippen LogP contribution in [0.1, 0.15) is 23.7 Å². The van der Waals surface area contributed by atoms with E-state index in [9.17, 15) is 22.4 Å². The van der Waals surface area contributed by atoms with Gasteiger partial charge in [-0.2, -0.15) is 18.1 Å². The minimum Gasteiger partial charge on any atom is -0.268 e. The summed E-state index contributed by atoms with van der Waals surface area (Å²) in [5, 5.41) is -0.303. The Morgan fingerprint density at radius 1 is 1.54 bits per heavy atom. The summed E-state index contributed by atoms with van der Waals surface area (Å²) in [7, 11) is -4.14. The molecule has 0 radical (unpaired) electrons. The van der Waals surface area contributed by atoms with Gasteiger partial charge in [0.15, 0.2) is 5.82 Å². The van der Waals surface area contributed by atoms with E-state index in [2.05, 4.69) is 16.3 Å². The first-order chi connectivity index (χ1) is 11.3. The van der Waals surface area contributed by atoms with Crippen molar-refractivity contribution < 1.29 is 22.4 Å². The number of amides is 1. The highest BCUT2D eigenvalue weighted by atomic mass is 35.5. The largest absolute Gasteiger partial charge is 0.304 e. The van der Waals surface area contributed by atoms with Crippen LogP contribution < -0.4 is 4.72 Å². The fourth-order valence-electron chi connectivity index (χ4n) is 1.75. The average Bonchev–Trinajstić information content (AvgIpc) is 2.52.